The molecule has 2 rings (SSSR count). The zero-order valence-corrected chi connectivity index (χ0v) is 19.3. The molecule has 0 aliphatic rings. The van der Waals surface area contributed by atoms with Crippen molar-refractivity contribution in [2.75, 3.05) is 13.2 Å². The Labute approximate surface area is 196 Å². The van der Waals surface area contributed by atoms with Gasteiger partial charge in [0.05, 0.1) is 12.8 Å². The van der Waals surface area contributed by atoms with Crippen LogP contribution in [-0.4, -0.2) is 48.4 Å². The molecule has 0 saturated carbocycles. The van der Waals surface area contributed by atoms with E-state index in [1.165, 1.54) is 12.3 Å². The van der Waals surface area contributed by atoms with E-state index in [4.69, 9.17) is 26.2 Å². The smallest absolute Gasteiger partial charge is 0.341 e. The molecule has 0 aliphatic carbocycles. The number of aliphatic carboxylic acids is 1. The van der Waals surface area contributed by atoms with Gasteiger partial charge in [-0.3, -0.25) is 9.59 Å². The van der Waals surface area contributed by atoms with Gasteiger partial charge in [0.2, 0.25) is 0 Å². The molecule has 10 heteroatoms. The monoisotopic (exact) mass is 475 g/mol. The van der Waals surface area contributed by atoms with Crippen LogP contribution in [0.25, 0.3) is 0 Å². The molecule has 0 aliphatic heterocycles. The minimum absolute atomic E-state index is 0.196. The van der Waals surface area contributed by atoms with Crippen LogP contribution >= 0.6 is 11.6 Å². The van der Waals surface area contributed by atoms with Gasteiger partial charge in [-0.25, -0.2) is 10.2 Å². The Morgan fingerprint density at radius 1 is 1.12 bits per heavy atom. The number of nitrogens with one attached hydrogen (secondary N) is 2. The standard InChI is InChI=1S/C23H26ClN3O6/c1-4-32-19-10-15(8-9-18(19)33-13-20(28)29)12-25-27-23(31)21(14(2)3)26-22(30)16-6-5-7-17(24)11-16/h5-12,14,21H,4,13H2,1-3H3,(H,26,30)(H,27,31)(H,28,29)/b25-12+. The second kappa shape index (κ2) is 12.4. The van der Waals surface area contributed by atoms with Crippen LogP contribution in [0.2, 0.25) is 5.02 Å². The van der Waals surface area contributed by atoms with E-state index in [-0.39, 0.29) is 11.7 Å². The number of halogens is 1. The van der Waals surface area contributed by atoms with Crippen molar-refractivity contribution in [1.29, 1.82) is 0 Å². The zero-order chi connectivity index (χ0) is 24.4. The fraction of sp³-hybridized carbons (Fsp3) is 0.304. The van der Waals surface area contributed by atoms with E-state index in [0.717, 1.165) is 0 Å². The second-order valence-electron chi connectivity index (χ2n) is 7.26. The van der Waals surface area contributed by atoms with Gasteiger partial charge in [0.25, 0.3) is 11.8 Å². The molecule has 3 N–H and O–H groups in total. The number of nitrogens with zero attached hydrogens (tertiary/aromatic N) is 1. The summed E-state index contributed by atoms with van der Waals surface area (Å²) in [5.41, 5.74) is 3.36. The van der Waals surface area contributed by atoms with E-state index in [2.05, 4.69) is 15.8 Å². The topological polar surface area (TPSA) is 126 Å². The van der Waals surface area contributed by atoms with E-state index in [1.54, 1.807) is 57.2 Å². The lowest BCUT2D eigenvalue weighted by Gasteiger charge is -2.20. The van der Waals surface area contributed by atoms with Gasteiger partial charge in [-0.2, -0.15) is 5.10 Å². The Morgan fingerprint density at radius 2 is 1.88 bits per heavy atom. The highest BCUT2D eigenvalue weighted by atomic mass is 35.5. The third-order valence-corrected chi connectivity index (χ3v) is 4.56. The number of carboxylic acids is 1. The van der Waals surface area contributed by atoms with Crippen LogP contribution in [0.5, 0.6) is 11.5 Å². The summed E-state index contributed by atoms with van der Waals surface area (Å²) >= 11 is 5.93. The van der Waals surface area contributed by atoms with Gasteiger partial charge >= 0.3 is 5.97 Å². The predicted octanol–water partition coefficient (Wildman–Crippen LogP) is 3.11. The van der Waals surface area contributed by atoms with E-state index in [0.29, 0.717) is 28.5 Å². The summed E-state index contributed by atoms with van der Waals surface area (Å²) in [6.45, 7) is 5.24. The first kappa shape index (κ1) is 25.7. The highest BCUT2D eigenvalue weighted by molar-refractivity contribution is 6.31. The van der Waals surface area contributed by atoms with E-state index in [1.807, 2.05) is 0 Å². The molecule has 33 heavy (non-hydrogen) atoms. The third-order valence-electron chi connectivity index (χ3n) is 4.33. The molecule has 0 radical (unpaired) electrons. The van der Waals surface area contributed by atoms with Crippen LogP contribution in [0, 0.1) is 5.92 Å². The number of hydrogen-bond donors (Lipinski definition) is 3. The molecule has 1 unspecified atom stereocenters. The Bertz CT molecular complexity index is 1030. The van der Waals surface area contributed by atoms with Crippen molar-refractivity contribution in [2.24, 2.45) is 11.0 Å². The first-order valence-electron chi connectivity index (χ1n) is 10.2. The molecular formula is C23H26ClN3O6. The van der Waals surface area contributed by atoms with Crippen LogP contribution in [0.4, 0.5) is 0 Å². The SMILES string of the molecule is CCOc1cc(/C=N/NC(=O)C(NC(=O)c2cccc(Cl)c2)C(C)C)ccc1OCC(=O)O. The Morgan fingerprint density at radius 3 is 2.52 bits per heavy atom. The Kier molecular flexibility index (Phi) is 9.68. The minimum Gasteiger partial charge on any atom is -0.490 e. The van der Waals surface area contributed by atoms with Gasteiger partial charge in [-0.1, -0.05) is 31.5 Å². The van der Waals surface area contributed by atoms with Crippen molar-refractivity contribution in [2.45, 2.75) is 26.8 Å². The van der Waals surface area contributed by atoms with E-state index >= 15 is 0 Å². The maximum Gasteiger partial charge on any atom is 0.341 e. The third kappa shape index (κ3) is 8.12. The quantitative estimate of drug-likeness (QED) is 0.338. The molecule has 0 fully saturated rings. The zero-order valence-electron chi connectivity index (χ0n) is 18.5. The molecule has 0 saturated heterocycles. The maximum absolute atomic E-state index is 12.6. The molecule has 2 aromatic carbocycles. The molecule has 0 spiro atoms. The maximum atomic E-state index is 12.6. The summed E-state index contributed by atoms with van der Waals surface area (Å²) in [4.78, 5) is 35.8. The van der Waals surface area contributed by atoms with Gasteiger partial charge in [-0.05, 0) is 54.8 Å². The van der Waals surface area contributed by atoms with E-state index < -0.39 is 30.4 Å². The number of ether oxygens (including phenoxy) is 2. The average molecular weight is 476 g/mol. The van der Waals surface area contributed by atoms with Crippen molar-refractivity contribution < 1.29 is 29.0 Å². The summed E-state index contributed by atoms with van der Waals surface area (Å²) in [7, 11) is 0. The van der Waals surface area contributed by atoms with E-state index in [9.17, 15) is 14.4 Å². The van der Waals surface area contributed by atoms with Gasteiger partial charge < -0.3 is 19.9 Å². The van der Waals surface area contributed by atoms with Crippen molar-refractivity contribution >= 4 is 35.6 Å². The minimum atomic E-state index is -1.10. The fourth-order valence-electron chi connectivity index (χ4n) is 2.76. The lowest BCUT2D eigenvalue weighted by Crippen LogP contribution is -2.48. The largest absolute Gasteiger partial charge is 0.490 e. The second-order valence-corrected chi connectivity index (χ2v) is 7.70. The molecule has 2 aromatic rings. The van der Waals surface area contributed by atoms with Crippen LogP contribution in [0.3, 0.4) is 0 Å². The number of hydrazone groups is 1. The molecular weight excluding hydrogens is 450 g/mol. The highest BCUT2D eigenvalue weighted by Gasteiger charge is 2.24. The van der Waals surface area contributed by atoms with Gasteiger partial charge in [0, 0.05) is 10.6 Å². The summed E-state index contributed by atoms with van der Waals surface area (Å²) in [5.74, 6) is -1.57. The first-order valence-corrected chi connectivity index (χ1v) is 10.6. The van der Waals surface area contributed by atoms with Gasteiger partial charge in [0.15, 0.2) is 18.1 Å². The molecule has 0 bridgehead atoms. The van der Waals surface area contributed by atoms with Crippen LogP contribution in [-0.2, 0) is 9.59 Å². The molecule has 9 nitrogen and oxygen atoms in total. The Hall–Kier alpha value is -3.59. The lowest BCUT2D eigenvalue weighted by molar-refractivity contribution is -0.139. The normalized spacial score (nSPS) is 11.8. The van der Waals surface area contributed by atoms with Crippen LogP contribution in [0.1, 0.15) is 36.7 Å². The molecule has 176 valence electrons. The first-order chi connectivity index (χ1) is 15.7. The lowest BCUT2D eigenvalue weighted by atomic mass is 10.0. The highest BCUT2D eigenvalue weighted by Crippen LogP contribution is 2.28. The molecule has 2 amide bonds. The number of carbonyl (C=O) groups excluding carboxylic acids is 2. The summed E-state index contributed by atoms with van der Waals surface area (Å²) < 4.78 is 10.7. The van der Waals surface area contributed by atoms with Crippen molar-refractivity contribution in [1.82, 2.24) is 10.7 Å². The molecule has 0 heterocycles. The molecule has 0 aromatic heterocycles. The summed E-state index contributed by atoms with van der Waals surface area (Å²) in [6, 6.07) is 10.4. The van der Waals surface area contributed by atoms with Gasteiger partial charge in [-0.15, -0.1) is 0 Å². The average Bonchev–Trinajstić information content (AvgIpc) is 2.76. The summed E-state index contributed by atoms with van der Waals surface area (Å²) in [6.07, 6.45) is 1.40. The number of amides is 2. The predicted molar refractivity (Wildman–Crippen MR) is 124 cm³/mol. The van der Waals surface area contributed by atoms with Crippen LogP contribution < -0.4 is 20.2 Å². The van der Waals surface area contributed by atoms with Crippen molar-refractivity contribution in [3.8, 4) is 11.5 Å². The number of hydrogen-bond acceptors (Lipinski definition) is 6. The number of benzene rings is 2. The number of carboxylic acid groups (broad SMARTS) is 1. The number of rotatable bonds is 11. The van der Waals surface area contributed by atoms with Crippen LogP contribution in [0.15, 0.2) is 47.6 Å². The van der Waals surface area contributed by atoms with Crippen molar-refractivity contribution in [3.05, 3.63) is 58.6 Å². The number of carbonyl (C=O) groups is 3. The summed E-state index contributed by atoms with van der Waals surface area (Å²) in [5, 5.41) is 15.8. The molecule has 1 atom stereocenters. The Balaban J connectivity index is 2.05. The van der Waals surface area contributed by atoms with Crippen molar-refractivity contribution in [3.63, 3.8) is 0 Å². The fourth-order valence-corrected chi connectivity index (χ4v) is 2.95. The van der Waals surface area contributed by atoms with Gasteiger partial charge in [0.1, 0.15) is 6.04 Å².